The zero-order valence-corrected chi connectivity index (χ0v) is 15.1. The molecule has 0 aromatic heterocycles. The van der Waals surface area contributed by atoms with Crippen LogP contribution < -0.4 is 10.2 Å². The molecule has 0 amide bonds. The number of hydrogen-bond donors (Lipinski definition) is 1. The van der Waals surface area contributed by atoms with Crippen LogP contribution >= 0.6 is 15.9 Å². The molecule has 1 aromatic carbocycles. The van der Waals surface area contributed by atoms with Crippen LogP contribution in [0.25, 0.3) is 0 Å². The Bertz CT molecular complexity index is 464. The van der Waals surface area contributed by atoms with Gasteiger partial charge in [-0.3, -0.25) is 0 Å². The van der Waals surface area contributed by atoms with Gasteiger partial charge in [-0.05, 0) is 31.0 Å². The summed E-state index contributed by atoms with van der Waals surface area (Å²) in [6, 6.07) is 7.69. The Labute approximate surface area is 137 Å². The van der Waals surface area contributed by atoms with Crippen molar-refractivity contribution < 1.29 is 4.74 Å². The molecule has 0 radical (unpaired) electrons. The molecule has 2 atom stereocenters. The van der Waals surface area contributed by atoms with E-state index in [4.69, 9.17) is 4.74 Å². The number of morpholine rings is 1. The van der Waals surface area contributed by atoms with Crippen LogP contribution in [0.15, 0.2) is 22.7 Å². The number of nitrogens with one attached hydrogen (secondary N) is 1. The molecule has 0 bridgehead atoms. The van der Waals surface area contributed by atoms with Crippen molar-refractivity contribution >= 4 is 21.6 Å². The van der Waals surface area contributed by atoms with E-state index in [-0.39, 0.29) is 0 Å². The van der Waals surface area contributed by atoms with E-state index in [9.17, 15) is 0 Å². The highest BCUT2D eigenvalue weighted by Crippen LogP contribution is 2.28. The number of rotatable bonds is 5. The minimum atomic E-state index is 0.300. The molecule has 118 valence electrons. The van der Waals surface area contributed by atoms with Crippen molar-refractivity contribution in [2.24, 2.45) is 0 Å². The molecule has 0 spiro atoms. The molecule has 1 heterocycles. The second kappa shape index (κ2) is 7.61. The molecule has 0 saturated carbocycles. The maximum Gasteiger partial charge on any atom is 0.0723 e. The first-order valence-electron chi connectivity index (χ1n) is 7.91. The van der Waals surface area contributed by atoms with Crippen molar-refractivity contribution in [2.45, 2.75) is 58.8 Å². The van der Waals surface area contributed by atoms with Gasteiger partial charge in [0.25, 0.3) is 0 Å². The molecule has 21 heavy (non-hydrogen) atoms. The summed E-state index contributed by atoms with van der Waals surface area (Å²) >= 11 is 3.72. The Balaban J connectivity index is 2.14. The van der Waals surface area contributed by atoms with Gasteiger partial charge in [0, 0.05) is 29.3 Å². The second-order valence-electron chi connectivity index (χ2n) is 6.17. The second-order valence-corrected chi connectivity index (χ2v) is 7.02. The van der Waals surface area contributed by atoms with Crippen LogP contribution in [0, 0.1) is 0 Å². The summed E-state index contributed by atoms with van der Waals surface area (Å²) in [5.41, 5.74) is 2.60. The van der Waals surface area contributed by atoms with E-state index in [1.165, 1.54) is 15.7 Å². The summed E-state index contributed by atoms with van der Waals surface area (Å²) in [4.78, 5) is 2.48. The number of hydrogen-bond acceptors (Lipinski definition) is 3. The molecular formula is C17H27BrN2O. The highest BCUT2D eigenvalue weighted by atomic mass is 79.9. The Morgan fingerprint density at radius 3 is 2.81 bits per heavy atom. The highest BCUT2D eigenvalue weighted by Gasteiger charge is 2.25. The number of ether oxygens (including phenoxy) is 1. The Kier molecular flexibility index (Phi) is 6.08. The lowest BCUT2D eigenvalue weighted by Gasteiger charge is -2.40. The first-order chi connectivity index (χ1) is 10.0. The minimum absolute atomic E-state index is 0.300. The molecule has 3 nitrogen and oxygen atoms in total. The summed E-state index contributed by atoms with van der Waals surface area (Å²) in [7, 11) is 0. The summed E-state index contributed by atoms with van der Waals surface area (Å²) in [5.74, 6) is 0. The van der Waals surface area contributed by atoms with Crippen LogP contribution in [0.1, 0.15) is 39.7 Å². The minimum Gasteiger partial charge on any atom is -0.375 e. The third-order valence-electron chi connectivity index (χ3n) is 4.01. The van der Waals surface area contributed by atoms with Crippen molar-refractivity contribution in [3.05, 3.63) is 28.2 Å². The third-order valence-corrected chi connectivity index (χ3v) is 4.75. The average molecular weight is 355 g/mol. The van der Waals surface area contributed by atoms with Crippen molar-refractivity contribution in [1.29, 1.82) is 0 Å². The van der Waals surface area contributed by atoms with Crippen LogP contribution in [0.5, 0.6) is 0 Å². The quantitative estimate of drug-likeness (QED) is 0.866. The van der Waals surface area contributed by atoms with Crippen LogP contribution in [0.3, 0.4) is 0 Å². The van der Waals surface area contributed by atoms with Crippen molar-refractivity contribution in [3.8, 4) is 0 Å². The highest BCUT2D eigenvalue weighted by molar-refractivity contribution is 9.10. The van der Waals surface area contributed by atoms with Crippen molar-refractivity contribution in [2.75, 3.05) is 18.1 Å². The fraction of sp³-hybridized carbons (Fsp3) is 0.647. The van der Waals surface area contributed by atoms with Gasteiger partial charge in [-0.15, -0.1) is 0 Å². The first kappa shape index (κ1) is 16.8. The Morgan fingerprint density at radius 1 is 1.43 bits per heavy atom. The normalized spacial score (nSPS) is 22.9. The van der Waals surface area contributed by atoms with Crippen molar-refractivity contribution in [3.63, 3.8) is 0 Å². The molecule has 1 aliphatic heterocycles. The number of halogens is 1. The van der Waals surface area contributed by atoms with Gasteiger partial charge in [-0.25, -0.2) is 0 Å². The zero-order chi connectivity index (χ0) is 15.4. The number of benzene rings is 1. The molecule has 1 aromatic rings. The third kappa shape index (κ3) is 4.44. The molecule has 1 saturated heterocycles. The van der Waals surface area contributed by atoms with Gasteiger partial charge in [0.1, 0.15) is 0 Å². The van der Waals surface area contributed by atoms with Gasteiger partial charge in [-0.2, -0.15) is 0 Å². The topological polar surface area (TPSA) is 24.5 Å². The van der Waals surface area contributed by atoms with Gasteiger partial charge in [0.15, 0.2) is 0 Å². The lowest BCUT2D eigenvalue weighted by Crippen LogP contribution is -2.48. The lowest BCUT2D eigenvalue weighted by atomic mass is 10.1. The van der Waals surface area contributed by atoms with Gasteiger partial charge >= 0.3 is 0 Å². The molecule has 1 fully saturated rings. The summed E-state index contributed by atoms with van der Waals surface area (Å²) in [5, 5.41) is 3.47. The zero-order valence-electron chi connectivity index (χ0n) is 13.5. The maximum absolute atomic E-state index is 5.79. The van der Waals surface area contributed by atoms with Gasteiger partial charge < -0.3 is 15.0 Å². The molecule has 0 aliphatic carbocycles. The number of anilines is 1. The smallest absolute Gasteiger partial charge is 0.0723 e. The van der Waals surface area contributed by atoms with E-state index < -0.39 is 0 Å². The molecule has 4 heteroatoms. The predicted molar refractivity (Wildman–Crippen MR) is 93.0 cm³/mol. The van der Waals surface area contributed by atoms with Crippen LogP contribution in [-0.4, -0.2) is 31.3 Å². The largest absolute Gasteiger partial charge is 0.375 e. The molecule has 2 rings (SSSR count). The van der Waals surface area contributed by atoms with Crippen LogP contribution in [-0.2, 0) is 11.3 Å². The van der Waals surface area contributed by atoms with E-state index in [1.807, 2.05) is 0 Å². The van der Waals surface area contributed by atoms with Crippen molar-refractivity contribution in [1.82, 2.24) is 5.32 Å². The van der Waals surface area contributed by atoms with Gasteiger partial charge in [0.2, 0.25) is 0 Å². The summed E-state index contributed by atoms with van der Waals surface area (Å²) in [6.07, 6.45) is 1.41. The van der Waals surface area contributed by atoms with E-state index in [0.29, 0.717) is 18.2 Å². The van der Waals surface area contributed by atoms with E-state index in [0.717, 1.165) is 26.1 Å². The first-order valence-corrected chi connectivity index (χ1v) is 8.70. The van der Waals surface area contributed by atoms with E-state index in [1.54, 1.807) is 0 Å². The van der Waals surface area contributed by atoms with Gasteiger partial charge in [0.05, 0.1) is 18.8 Å². The molecule has 1 aliphatic rings. The average Bonchev–Trinajstić information content (AvgIpc) is 2.45. The SMILES string of the molecule is CCC1COC(C)CN1c1ccc(CNC(C)C)c(Br)c1. The molecule has 1 N–H and O–H groups in total. The fourth-order valence-corrected chi connectivity index (χ4v) is 3.18. The predicted octanol–water partition coefficient (Wildman–Crippen LogP) is 3.95. The lowest BCUT2D eigenvalue weighted by molar-refractivity contribution is 0.0299. The maximum atomic E-state index is 5.79. The summed E-state index contributed by atoms with van der Waals surface area (Å²) < 4.78 is 6.97. The Hall–Kier alpha value is -0.580. The number of nitrogens with zero attached hydrogens (tertiary/aromatic N) is 1. The van der Waals surface area contributed by atoms with Crippen LogP contribution in [0.2, 0.25) is 0 Å². The Morgan fingerprint density at radius 2 is 2.19 bits per heavy atom. The van der Waals surface area contributed by atoms with E-state index in [2.05, 4.69) is 72.0 Å². The van der Waals surface area contributed by atoms with Crippen LogP contribution in [0.4, 0.5) is 5.69 Å². The fourth-order valence-electron chi connectivity index (χ4n) is 2.67. The monoisotopic (exact) mass is 354 g/mol. The molecular weight excluding hydrogens is 328 g/mol. The summed E-state index contributed by atoms with van der Waals surface area (Å²) in [6.45, 7) is 11.4. The van der Waals surface area contributed by atoms with Gasteiger partial charge in [-0.1, -0.05) is 42.8 Å². The van der Waals surface area contributed by atoms with E-state index >= 15 is 0 Å². The standard InChI is InChI=1S/C17H27BrN2O/c1-5-15-11-21-13(4)10-20(15)16-7-6-14(17(18)8-16)9-19-12(2)3/h6-8,12-13,15,19H,5,9-11H2,1-4H3. The molecule has 2 unspecified atom stereocenters.